The lowest BCUT2D eigenvalue weighted by molar-refractivity contribution is -0.115. The number of aldehydes is 1. The van der Waals surface area contributed by atoms with E-state index in [0.717, 1.165) is 28.7 Å². The third-order valence-electron chi connectivity index (χ3n) is 7.24. The van der Waals surface area contributed by atoms with Crippen LogP contribution in [0.15, 0.2) is 84.9 Å². The molecule has 0 saturated carbocycles. The third-order valence-corrected chi connectivity index (χ3v) is 7.24. The molecule has 2 heterocycles. The molecule has 0 aliphatic carbocycles. The number of ether oxygens (including phenoxy) is 4. The molecular formula is C39H40N2O9. The number of para-hydroxylation sites is 2. The van der Waals surface area contributed by atoms with E-state index < -0.39 is 11.9 Å². The maximum atomic E-state index is 12.3. The van der Waals surface area contributed by atoms with Crippen molar-refractivity contribution in [2.24, 2.45) is 0 Å². The van der Waals surface area contributed by atoms with Crippen LogP contribution < -0.4 is 20.1 Å². The molecule has 6 rings (SSSR count). The first-order valence-electron chi connectivity index (χ1n) is 15.4. The molecule has 4 aromatic rings. The highest BCUT2D eigenvalue weighted by Crippen LogP contribution is 2.35. The van der Waals surface area contributed by atoms with Gasteiger partial charge >= 0.3 is 11.9 Å². The van der Waals surface area contributed by atoms with Gasteiger partial charge in [0.1, 0.15) is 11.5 Å². The molecule has 11 nitrogen and oxygen atoms in total. The zero-order valence-electron chi connectivity index (χ0n) is 27.5. The smallest absolute Gasteiger partial charge is 0.337 e. The van der Waals surface area contributed by atoms with E-state index in [0.29, 0.717) is 59.0 Å². The van der Waals surface area contributed by atoms with Gasteiger partial charge in [0.2, 0.25) is 5.91 Å². The van der Waals surface area contributed by atoms with Crippen LogP contribution >= 0.6 is 0 Å². The molecule has 2 aliphatic rings. The summed E-state index contributed by atoms with van der Waals surface area (Å²) in [4.78, 5) is 56.5. The highest BCUT2D eigenvalue weighted by Gasteiger charge is 2.25. The van der Waals surface area contributed by atoms with Gasteiger partial charge in [-0.1, -0.05) is 49.9 Å². The largest absolute Gasteiger partial charge is 0.493 e. The molecule has 50 heavy (non-hydrogen) atoms. The Kier molecular flexibility index (Phi) is 14.0. The van der Waals surface area contributed by atoms with Crippen LogP contribution in [0.25, 0.3) is 11.6 Å². The lowest BCUT2D eigenvalue weighted by atomic mass is 10.0. The molecule has 0 radical (unpaired) electrons. The van der Waals surface area contributed by atoms with Crippen LogP contribution in [-0.4, -0.2) is 57.5 Å². The van der Waals surface area contributed by atoms with Gasteiger partial charge in [0.05, 0.1) is 50.5 Å². The van der Waals surface area contributed by atoms with E-state index >= 15 is 0 Å². The number of rotatable bonds is 8. The lowest BCUT2D eigenvalue weighted by Gasteiger charge is -2.07. The van der Waals surface area contributed by atoms with Crippen molar-refractivity contribution < 1.29 is 42.9 Å². The molecule has 2 aliphatic heterocycles. The Morgan fingerprint density at radius 1 is 0.720 bits per heavy atom. The summed E-state index contributed by atoms with van der Waals surface area (Å²) >= 11 is 0. The van der Waals surface area contributed by atoms with Crippen LogP contribution in [0.5, 0.6) is 11.5 Å². The van der Waals surface area contributed by atoms with Crippen LogP contribution in [0.4, 0.5) is 11.4 Å². The Hall–Kier alpha value is -6.23. The molecule has 0 bridgehead atoms. The Labute approximate surface area is 291 Å². The molecule has 260 valence electrons. The van der Waals surface area contributed by atoms with Crippen molar-refractivity contribution >= 4 is 53.1 Å². The van der Waals surface area contributed by atoms with E-state index in [-0.39, 0.29) is 19.2 Å². The second-order valence-electron chi connectivity index (χ2n) is 10.4. The van der Waals surface area contributed by atoms with Crippen molar-refractivity contribution in [3.63, 3.8) is 0 Å². The number of fused-ring (bicyclic) bond motifs is 2. The molecule has 0 atom stereocenters. The normalized spacial score (nSPS) is 12.6. The Balaban J connectivity index is 0.000000221. The van der Waals surface area contributed by atoms with Crippen LogP contribution in [0.3, 0.4) is 0 Å². The van der Waals surface area contributed by atoms with E-state index in [1.54, 1.807) is 54.6 Å². The first-order chi connectivity index (χ1) is 23.7. The molecule has 0 spiro atoms. The van der Waals surface area contributed by atoms with Crippen molar-refractivity contribution in [1.29, 1.82) is 0 Å². The molecular weight excluding hydrogens is 640 g/mol. The number of hydrogen-bond donors (Lipinski definition) is 2. The Morgan fingerprint density at radius 3 is 1.84 bits per heavy atom. The van der Waals surface area contributed by atoms with E-state index in [4.69, 9.17) is 14.2 Å². The van der Waals surface area contributed by atoms with Gasteiger partial charge in [-0.15, -0.1) is 0 Å². The average molecular weight is 681 g/mol. The second-order valence-corrected chi connectivity index (χ2v) is 10.4. The van der Waals surface area contributed by atoms with Crippen molar-refractivity contribution in [2.75, 3.05) is 38.1 Å². The SMILES string of the molecule is C.CCOc1ccccc1/C=C1/C(=O)Nc2cc(C(=O)OC)ccc21.CCOc1ccccc1C=O.COC(=O)c1ccc2c(c1)NC(=O)C2. The summed E-state index contributed by atoms with van der Waals surface area (Å²) in [5.41, 5.74) is 5.79. The molecule has 0 saturated heterocycles. The fourth-order valence-corrected chi connectivity index (χ4v) is 4.95. The Morgan fingerprint density at radius 2 is 1.26 bits per heavy atom. The molecule has 4 aromatic carbocycles. The number of carbonyl (C=O) groups is 5. The minimum Gasteiger partial charge on any atom is -0.493 e. The number of hydrogen-bond acceptors (Lipinski definition) is 9. The van der Waals surface area contributed by atoms with E-state index in [1.165, 1.54) is 14.2 Å². The zero-order chi connectivity index (χ0) is 35.3. The van der Waals surface area contributed by atoms with Crippen molar-refractivity contribution in [3.05, 3.63) is 118 Å². The summed E-state index contributed by atoms with van der Waals surface area (Å²) in [5.74, 6) is 0.297. The minimum absolute atomic E-state index is 0. The number of nitrogens with one attached hydrogen (secondary N) is 2. The topological polar surface area (TPSA) is 146 Å². The lowest BCUT2D eigenvalue weighted by Crippen LogP contribution is -2.04. The first-order valence-corrected chi connectivity index (χ1v) is 15.4. The molecule has 2 N–H and O–H groups in total. The summed E-state index contributed by atoms with van der Waals surface area (Å²) in [7, 11) is 2.65. The molecule has 0 unspecified atom stereocenters. The third kappa shape index (κ3) is 9.44. The fourth-order valence-electron chi connectivity index (χ4n) is 4.95. The predicted octanol–water partition coefficient (Wildman–Crippen LogP) is 6.87. The van der Waals surface area contributed by atoms with Gasteiger partial charge in [0.25, 0.3) is 5.91 Å². The Bertz CT molecular complexity index is 1900. The quantitative estimate of drug-likeness (QED) is 0.116. The van der Waals surface area contributed by atoms with Crippen molar-refractivity contribution in [2.45, 2.75) is 27.7 Å². The van der Waals surface area contributed by atoms with Gasteiger partial charge < -0.3 is 29.6 Å². The summed E-state index contributed by atoms with van der Waals surface area (Å²) < 4.78 is 20.1. The monoisotopic (exact) mass is 680 g/mol. The van der Waals surface area contributed by atoms with Crippen molar-refractivity contribution in [1.82, 2.24) is 0 Å². The van der Waals surface area contributed by atoms with E-state index in [2.05, 4.69) is 15.4 Å². The van der Waals surface area contributed by atoms with Gasteiger partial charge in [0.15, 0.2) is 6.29 Å². The van der Waals surface area contributed by atoms with E-state index in [1.807, 2.05) is 50.2 Å². The molecule has 2 amide bonds. The number of anilines is 2. The number of esters is 2. The highest BCUT2D eigenvalue weighted by molar-refractivity contribution is 6.35. The summed E-state index contributed by atoms with van der Waals surface area (Å²) in [6.07, 6.45) is 2.98. The first kappa shape index (κ1) is 38.2. The van der Waals surface area contributed by atoms with Crippen LogP contribution in [-0.2, 0) is 25.5 Å². The van der Waals surface area contributed by atoms with Gasteiger partial charge in [-0.2, -0.15) is 0 Å². The molecule has 0 aromatic heterocycles. The highest BCUT2D eigenvalue weighted by atomic mass is 16.5. The van der Waals surface area contributed by atoms with Gasteiger partial charge in [-0.25, -0.2) is 9.59 Å². The maximum Gasteiger partial charge on any atom is 0.337 e. The zero-order valence-corrected chi connectivity index (χ0v) is 27.5. The van der Waals surface area contributed by atoms with Crippen LogP contribution in [0.2, 0.25) is 0 Å². The van der Waals surface area contributed by atoms with Gasteiger partial charge in [-0.05, 0) is 68.0 Å². The van der Waals surface area contributed by atoms with Gasteiger partial charge in [0, 0.05) is 28.1 Å². The number of methoxy groups -OCH3 is 2. The number of benzene rings is 4. The van der Waals surface area contributed by atoms with Crippen molar-refractivity contribution in [3.8, 4) is 11.5 Å². The van der Waals surface area contributed by atoms with Gasteiger partial charge in [-0.3, -0.25) is 14.4 Å². The number of carbonyl (C=O) groups excluding carboxylic acids is 5. The summed E-state index contributed by atoms with van der Waals surface area (Å²) in [6.45, 7) is 4.94. The average Bonchev–Trinajstić information content (AvgIpc) is 3.65. The number of amides is 2. The fraction of sp³-hybridized carbons (Fsp3) is 0.205. The summed E-state index contributed by atoms with van der Waals surface area (Å²) in [6, 6.07) is 24.8. The van der Waals surface area contributed by atoms with E-state index in [9.17, 15) is 24.0 Å². The predicted molar refractivity (Wildman–Crippen MR) is 192 cm³/mol. The molecule has 0 fully saturated rings. The summed E-state index contributed by atoms with van der Waals surface area (Å²) in [5, 5.41) is 5.45. The second kappa shape index (κ2) is 18.3. The van der Waals surface area contributed by atoms with Crippen LogP contribution in [0, 0.1) is 0 Å². The molecule has 11 heteroatoms. The minimum atomic E-state index is -0.439. The maximum absolute atomic E-state index is 12.3. The standard InChI is InChI=1S/C19H17NO4.C10H9NO3.C9H10O2.CH4/c1-3-24-17-7-5-4-6-12(17)10-15-14-9-8-13(19(22)23-2)11-16(14)20-18(15)21;1-14-10(13)7-3-2-6-5-9(12)11-8(6)4-7;1-2-11-9-6-4-3-5-8(9)7-10;/h4-11H,3H2,1-2H3,(H,20,21);2-4H,5H2,1H3,(H,11,12);3-7H,2H2,1H3;1H4/b15-10+;;;. The van der Waals surface area contributed by atoms with Crippen LogP contribution in [0.1, 0.15) is 69.0 Å².